The summed E-state index contributed by atoms with van der Waals surface area (Å²) in [6.07, 6.45) is 0.769. The third-order valence-electron chi connectivity index (χ3n) is 4.56. The van der Waals surface area contributed by atoms with Crippen molar-refractivity contribution in [3.63, 3.8) is 0 Å². The van der Waals surface area contributed by atoms with Crippen LogP contribution >= 0.6 is 11.6 Å². The third-order valence-corrected chi connectivity index (χ3v) is 4.85. The molecule has 0 saturated carbocycles. The van der Waals surface area contributed by atoms with Crippen molar-refractivity contribution in [2.24, 2.45) is 10.7 Å². The molecule has 1 atom stereocenters. The lowest BCUT2D eigenvalue weighted by Crippen LogP contribution is -2.51. The Kier molecular flexibility index (Phi) is 5.55. The van der Waals surface area contributed by atoms with Gasteiger partial charge in [0, 0.05) is 18.7 Å². The first kappa shape index (κ1) is 22.7. The van der Waals surface area contributed by atoms with E-state index in [-0.39, 0.29) is 10.8 Å². The summed E-state index contributed by atoms with van der Waals surface area (Å²) in [6, 6.07) is 2.10. The van der Waals surface area contributed by atoms with Crippen LogP contribution in [0.3, 0.4) is 0 Å². The molecule has 0 spiro atoms. The summed E-state index contributed by atoms with van der Waals surface area (Å²) in [4.78, 5) is 23.3. The van der Waals surface area contributed by atoms with Crippen LogP contribution in [0.25, 0.3) is 0 Å². The molecule has 0 aliphatic carbocycles. The minimum Gasteiger partial charge on any atom is -0.459 e. The zero-order chi connectivity index (χ0) is 23.2. The van der Waals surface area contributed by atoms with Crippen LogP contribution in [-0.2, 0) is 16.2 Å². The van der Waals surface area contributed by atoms with Gasteiger partial charge in [-0.3, -0.25) is 4.79 Å². The lowest BCUT2D eigenvalue weighted by Gasteiger charge is -2.36. The summed E-state index contributed by atoms with van der Waals surface area (Å²) in [5.74, 6) is -9.33. The highest BCUT2D eigenvalue weighted by Crippen LogP contribution is 2.43. The van der Waals surface area contributed by atoms with Gasteiger partial charge in [0.2, 0.25) is 0 Å². The first-order valence-electron chi connectivity index (χ1n) is 8.63. The molecule has 13 heteroatoms. The average molecular weight is 464 g/mol. The van der Waals surface area contributed by atoms with Gasteiger partial charge in [-0.2, -0.15) is 8.78 Å². The molecule has 166 valence electrons. The van der Waals surface area contributed by atoms with Gasteiger partial charge in [0.25, 0.3) is 17.9 Å². The predicted molar refractivity (Wildman–Crippen MR) is 101 cm³/mol. The number of pyridine rings is 2. The van der Waals surface area contributed by atoms with Gasteiger partial charge >= 0.3 is 5.92 Å². The maximum absolute atomic E-state index is 14.5. The lowest BCUT2D eigenvalue weighted by atomic mass is 9.89. The number of hydrogen-bond donors (Lipinski definition) is 2. The summed E-state index contributed by atoms with van der Waals surface area (Å²) in [5.41, 5.74) is 1.13. The zero-order valence-corrected chi connectivity index (χ0v) is 16.8. The second kappa shape index (κ2) is 7.59. The number of nitrogens with zero attached hydrogens (tertiary/aromatic N) is 3. The van der Waals surface area contributed by atoms with Gasteiger partial charge in [0.05, 0.1) is 5.02 Å². The van der Waals surface area contributed by atoms with Crippen molar-refractivity contribution in [1.82, 2.24) is 9.97 Å². The maximum atomic E-state index is 14.5. The molecular weight excluding hydrogens is 449 g/mol. The highest BCUT2D eigenvalue weighted by molar-refractivity contribution is 6.34. The van der Waals surface area contributed by atoms with Crippen LogP contribution in [-0.4, -0.2) is 34.4 Å². The van der Waals surface area contributed by atoms with E-state index in [1.165, 1.54) is 0 Å². The fraction of sp³-hybridized carbons (Fsp3) is 0.333. The van der Waals surface area contributed by atoms with E-state index in [1.807, 2.05) is 0 Å². The molecule has 1 aliphatic rings. The Hall–Kier alpha value is -3.02. The van der Waals surface area contributed by atoms with Crippen molar-refractivity contribution >= 4 is 29.3 Å². The van der Waals surface area contributed by atoms with Crippen molar-refractivity contribution in [1.29, 1.82) is 0 Å². The monoisotopic (exact) mass is 463 g/mol. The Balaban J connectivity index is 1.94. The SMILES string of the molecule is CC(F)(F)c1cnc(C(=O)Nc2ccc(F)c([C@@]3(C)N=C(N)OCC3(F)F)n2)c(Cl)c1. The molecule has 1 amide bonds. The van der Waals surface area contributed by atoms with E-state index in [9.17, 15) is 26.7 Å². The molecular formula is C18H15ClF5N5O2. The smallest absolute Gasteiger partial charge is 0.311 e. The highest BCUT2D eigenvalue weighted by Gasteiger charge is 2.57. The Bertz CT molecular complexity index is 1080. The molecule has 31 heavy (non-hydrogen) atoms. The van der Waals surface area contributed by atoms with Gasteiger partial charge in [-0.1, -0.05) is 11.6 Å². The summed E-state index contributed by atoms with van der Waals surface area (Å²) in [6.45, 7) is 0.401. The molecule has 0 unspecified atom stereocenters. The van der Waals surface area contributed by atoms with Crippen molar-refractivity contribution in [2.45, 2.75) is 31.2 Å². The van der Waals surface area contributed by atoms with Crippen LogP contribution < -0.4 is 11.1 Å². The summed E-state index contributed by atoms with van der Waals surface area (Å²) in [5, 5.41) is 1.84. The molecule has 0 aromatic carbocycles. The quantitative estimate of drug-likeness (QED) is 0.671. The number of alkyl halides is 4. The molecule has 2 aromatic rings. The molecule has 0 saturated heterocycles. The van der Waals surface area contributed by atoms with E-state index in [0.717, 1.165) is 31.3 Å². The number of amides is 1. The fourth-order valence-electron chi connectivity index (χ4n) is 2.74. The number of carbonyl (C=O) groups is 1. The van der Waals surface area contributed by atoms with E-state index < -0.39 is 58.7 Å². The van der Waals surface area contributed by atoms with Crippen LogP contribution in [0.2, 0.25) is 5.02 Å². The normalized spacial score (nSPS) is 20.6. The number of carbonyl (C=O) groups excluding carboxylic acids is 1. The van der Waals surface area contributed by atoms with Crippen LogP contribution in [0, 0.1) is 5.82 Å². The first-order valence-corrected chi connectivity index (χ1v) is 9.00. The first-order chi connectivity index (χ1) is 14.2. The number of hydrogen-bond acceptors (Lipinski definition) is 6. The molecule has 3 rings (SSSR count). The second-order valence-electron chi connectivity index (χ2n) is 6.94. The number of halogens is 6. The van der Waals surface area contributed by atoms with Gasteiger partial charge in [0.15, 0.2) is 12.1 Å². The summed E-state index contributed by atoms with van der Waals surface area (Å²) in [7, 11) is 0. The van der Waals surface area contributed by atoms with Crippen molar-refractivity contribution in [2.75, 3.05) is 11.9 Å². The Morgan fingerprint density at radius 3 is 2.65 bits per heavy atom. The number of amidine groups is 1. The molecule has 3 N–H and O–H groups in total. The number of aromatic nitrogens is 2. The number of ether oxygens (including phenoxy) is 1. The Labute approximate surface area is 177 Å². The summed E-state index contributed by atoms with van der Waals surface area (Å²) >= 11 is 5.87. The summed E-state index contributed by atoms with van der Waals surface area (Å²) < 4.78 is 74.6. The van der Waals surface area contributed by atoms with E-state index in [4.69, 9.17) is 17.3 Å². The topological polar surface area (TPSA) is 102 Å². The molecule has 3 heterocycles. The average Bonchev–Trinajstić information content (AvgIpc) is 2.66. The molecule has 2 aromatic heterocycles. The molecule has 1 aliphatic heterocycles. The molecule has 0 bridgehead atoms. The number of anilines is 1. The van der Waals surface area contributed by atoms with Gasteiger partial charge in [-0.15, -0.1) is 0 Å². The van der Waals surface area contributed by atoms with Crippen LogP contribution in [0.1, 0.15) is 35.6 Å². The van der Waals surface area contributed by atoms with E-state index in [1.54, 1.807) is 0 Å². The second-order valence-corrected chi connectivity index (χ2v) is 7.35. The van der Waals surface area contributed by atoms with Crippen LogP contribution in [0.5, 0.6) is 0 Å². The number of aliphatic imine (C=N–C) groups is 1. The third kappa shape index (κ3) is 4.24. The van der Waals surface area contributed by atoms with E-state index in [0.29, 0.717) is 6.92 Å². The maximum Gasteiger partial charge on any atom is 0.311 e. The Morgan fingerprint density at radius 1 is 1.35 bits per heavy atom. The molecule has 0 fully saturated rings. The van der Waals surface area contributed by atoms with Crippen LogP contribution in [0.4, 0.5) is 27.8 Å². The molecule has 0 radical (unpaired) electrons. The van der Waals surface area contributed by atoms with Gasteiger partial charge < -0.3 is 15.8 Å². The largest absolute Gasteiger partial charge is 0.459 e. The standard InChI is InChI=1S/C18H15ClF5N5O2/c1-16(18(23,24)7-31-15(25)29-16)13-10(20)3-4-11(27-13)28-14(30)12-9(19)5-8(6-26-12)17(2,21)22/h3-6H,7H2,1-2H3,(H2,25,29)(H,27,28,30)/t16-/m1/s1. The number of rotatable bonds is 4. The number of nitrogens with two attached hydrogens (primary N) is 1. The van der Waals surface area contributed by atoms with Crippen molar-refractivity contribution in [3.05, 3.63) is 52.2 Å². The zero-order valence-electron chi connectivity index (χ0n) is 16.0. The predicted octanol–water partition coefficient (Wildman–Crippen LogP) is 3.83. The fourth-order valence-corrected chi connectivity index (χ4v) is 2.99. The minimum absolute atomic E-state index is 0.332. The highest BCUT2D eigenvalue weighted by atomic mass is 35.5. The van der Waals surface area contributed by atoms with Crippen LogP contribution in [0.15, 0.2) is 29.4 Å². The molecule has 7 nitrogen and oxygen atoms in total. The van der Waals surface area contributed by atoms with Gasteiger partial charge in [0.1, 0.15) is 23.0 Å². The van der Waals surface area contributed by atoms with Crippen molar-refractivity contribution in [3.8, 4) is 0 Å². The Morgan fingerprint density at radius 2 is 2.03 bits per heavy atom. The van der Waals surface area contributed by atoms with E-state index in [2.05, 4.69) is 25.0 Å². The van der Waals surface area contributed by atoms with Gasteiger partial charge in [-0.05, 0) is 25.1 Å². The lowest BCUT2D eigenvalue weighted by molar-refractivity contribution is -0.118. The van der Waals surface area contributed by atoms with E-state index >= 15 is 0 Å². The minimum atomic E-state index is -3.67. The number of nitrogens with one attached hydrogen (secondary N) is 1. The van der Waals surface area contributed by atoms with Gasteiger partial charge in [-0.25, -0.2) is 28.1 Å². The van der Waals surface area contributed by atoms with Crippen molar-refractivity contribution < 1.29 is 31.5 Å².